The molecule has 1 aliphatic carbocycles. The van der Waals surface area contributed by atoms with Gasteiger partial charge in [0.2, 0.25) is 5.91 Å². The Morgan fingerprint density at radius 2 is 2.19 bits per heavy atom. The van der Waals surface area contributed by atoms with Crippen LogP contribution in [0.2, 0.25) is 0 Å². The van der Waals surface area contributed by atoms with Crippen LogP contribution in [0, 0.1) is 0 Å². The number of amides is 1. The topological polar surface area (TPSA) is 61.8 Å². The van der Waals surface area contributed by atoms with E-state index in [-0.39, 0.29) is 11.9 Å². The Kier molecular flexibility index (Phi) is 4.12. The van der Waals surface area contributed by atoms with Crippen molar-refractivity contribution in [2.24, 2.45) is 0 Å². The summed E-state index contributed by atoms with van der Waals surface area (Å²) < 4.78 is 5.49. The monoisotopic (exact) mass is 290 g/mol. The average molecular weight is 290 g/mol. The molecule has 114 valence electrons. The van der Waals surface area contributed by atoms with Crippen LogP contribution in [0.25, 0.3) is 0 Å². The van der Waals surface area contributed by atoms with Crippen LogP contribution in [0.1, 0.15) is 31.4 Å². The molecule has 0 spiro atoms. The number of morpholine rings is 1. The Bertz CT molecular complexity index is 514. The number of carbonyl (C=O) groups is 1. The van der Waals surface area contributed by atoms with Gasteiger partial charge in [0.05, 0.1) is 19.3 Å². The van der Waals surface area contributed by atoms with Crippen molar-refractivity contribution in [2.45, 2.75) is 38.0 Å². The van der Waals surface area contributed by atoms with Crippen LogP contribution in [0.5, 0.6) is 0 Å². The normalized spacial score (nSPS) is 23.7. The zero-order valence-corrected chi connectivity index (χ0v) is 12.3. The van der Waals surface area contributed by atoms with Crippen LogP contribution >= 0.6 is 0 Å². The highest BCUT2D eigenvalue weighted by Gasteiger charge is 2.34. The van der Waals surface area contributed by atoms with Crippen molar-refractivity contribution in [3.05, 3.63) is 29.8 Å². The van der Waals surface area contributed by atoms with Gasteiger partial charge in [-0.05, 0) is 25.8 Å². The van der Waals surface area contributed by atoms with E-state index in [0.29, 0.717) is 25.8 Å². The lowest BCUT2D eigenvalue weighted by Gasteiger charge is -2.37. The molecule has 2 atom stereocenters. The van der Waals surface area contributed by atoms with E-state index in [4.69, 9.17) is 4.74 Å². The van der Waals surface area contributed by atoms with Crippen LogP contribution in [0.3, 0.4) is 0 Å². The second-order valence-electron chi connectivity index (χ2n) is 5.80. The van der Waals surface area contributed by atoms with E-state index in [1.54, 1.807) is 6.92 Å². The molecule has 21 heavy (non-hydrogen) atoms. The third-order valence-corrected chi connectivity index (χ3v) is 4.05. The van der Waals surface area contributed by atoms with E-state index in [0.717, 1.165) is 24.1 Å². The van der Waals surface area contributed by atoms with Gasteiger partial charge in [0.1, 0.15) is 6.04 Å². The van der Waals surface area contributed by atoms with Crippen molar-refractivity contribution in [1.82, 2.24) is 5.32 Å². The maximum absolute atomic E-state index is 12.4. The van der Waals surface area contributed by atoms with Crippen LogP contribution in [-0.2, 0) is 9.53 Å². The van der Waals surface area contributed by atoms with Crippen molar-refractivity contribution >= 4 is 11.6 Å². The zero-order valence-electron chi connectivity index (χ0n) is 12.3. The number of ether oxygens (including phenoxy) is 1. The maximum Gasteiger partial charge on any atom is 0.245 e. The first-order valence-corrected chi connectivity index (χ1v) is 7.58. The number of aliphatic hydroxyl groups is 1. The van der Waals surface area contributed by atoms with Gasteiger partial charge in [0, 0.05) is 23.8 Å². The number of hydrogen-bond donors (Lipinski definition) is 2. The summed E-state index contributed by atoms with van der Waals surface area (Å²) >= 11 is 0. The van der Waals surface area contributed by atoms with Gasteiger partial charge in [0.15, 0.2) is 0 Å². The fourth-order valence-electron chi connectivity index (χ4n) is 2.74. The van der Waals surface area contributed by atoms with E-state index < -0.39 is 6.10 Å². The number of hydrogen-bond acceptors (Lipinski definition) is 4. The number of rotatable bonds is 4. The third-order valence-electron chi connectivity index (χ3n) is 4.05. The van der Waals surface area contributed by atoms with Gasteiger partial charge in [-0.2, -0.15) is 0 Å². The molecular weight excluding hydrogens is 268 g/mol. The molecule has 1 saturated carbocycles. The first kappa shape index (κ1) is 14.4. The van der Waals surface area contributed by atoms with Crippen molar-refractivity contribution in [2.75, 3.05) is 24.7 Å². The Balaban J connectivity index is 1.84. The summed E-state index contributed by atoms with van der Waals surface area (Å²) in [4.78, 5) is 14.5. The number of nitrogens with one attached hydrogen (secondary N) is 1. The molecule has 1 saturated heterocycles. The zero-order chi connectivity index (χ0) is 14.8. The summed E-state index contributed by atoms with van der Waals surface area (Å²) in [5.74, 6) is 0.0256. The molecule has 2 fully saturated rings. The van der Waals surface area contributed by atoms with Crippen LogP contribution < -0.4 is 10.2 Å². The van der Waals surface area contributed by atoms with Crippen LogP contribution in [-0.4, -0.2) is 42.9 Å². The number of para-hydroxylation sites is 1. The van der Waals surface area contributed by atoms with Gasteiger partial charge in [0.25, 0.3) is 0 Å². The summed E-state index contributed by atoms with van der Waals surface area (Å²) in [7, 11) is 0. The van der Waals surface area contributed by atoms with E-state index >= 15 is 0 Å². The fourth-order valence-corrected chi connectivity index (χ4v) is 2.74. The Morgan fingerprint density at radius 1 is 1.43 bits per heavy atom. The van der Waals surface area contributed by atoms with Gasteiger partial charge in [-0.3, -0.25) is 4.79 Å². The summed E-state index contributed by atoms with van der Waals surface area (Å²) in [6, 6.07) is 7.74. The second-order valence-corrected chi connectivity index (χ2v) is 5.80. The maximum atomic E-state index is 12.4. The molecule has 1 aromatic rings. The van der Waals surface area contributed by atoms with Gasteiger partial charge in [-0.15, -0.1) is 0 Å². The van der Waals surface area contributed by atoms with E-state index in [9.17, 15) is 9.90 Å². The first-order valence-electron chi connectivity index (χ1n) is 7.58. The summed E-state index contributed by atoms with van der Waals surface area (Å²) in [5, 5.41) is 13.0. The molecule has 5 nitrogen and oxygen atoms in total. The lowest BCUT2D eigenvalue weighted by Crippen LogP contribution is -2.54. The summed E-state index contributed by atoms with van der Waals surface area (Å²) in [6.45, 7) is 3.40. The Hall–Kier alpha value is -1.59. The number of aliphatic hydroxyl groups excluding tert-OH is 1. The Morgan fingerprint density at radius 3 is 2.90 bits per heavy atom. The largest absolute Gasteiger partial charge is 0.389 e. The lowest BCUT2D eigenvalue weighted by molar-refractivity contribution is -0.124. The molecule has 0 bridgehead atoms. The molecule has 1 aromatic carbocycles. The number of nitrogens with zero attached hydrogens (tertiary/aromatic N) is 1. The molecule has 5 heteroatoms. The molecule has 1 aliphatic heterocycles. The van der Waals surface area contributed by atoms with E-state index in [2.05, 4.69) is 10.2 Å². The van der Waals surface area contributed by atoms with Gasteiger partial charge in [-0.1, -0.05) is 18.2 Å². The minimum Gasteiger partial charge on any atom is -0.389 e. The summed E-state index contributed by atoms with van der Waals surface area (Å²) in [6.07, 6.45) is 1.59. The molecule has 1 heterocycles. The van der Waals surface area contributed by atoms with Crippen molar-refractivity contribution < 1.29 is 14.6 Å². The number of anilines is 1. The molecule has 1 unspecified atom stereocenters. The minimum absolute atomic E-state index is 0.0256. The van der Waals surface area contributed by atoms with Crippen molar-refractivity contribution in [3.63, 3.8) is 0 Å². The minimum atomic E-state index is -0.559. The van der Waals surface area contributed by atoms with Crippen molar-refractivity contribution in [1.29, 1.82) is 0 Å². The molecule has 2 N–H and O–H groups in total. The van der Waals surface area contributed by atoms with Gasteiger partial charge >= 0.3 is 0 Å². The molecule has 0 radical (unpaired) electrons. The number of benzene rings is 1. The molecule has 2 aliphatic rings. The average Bonchev–Trinajstić information content (AvgIpc) is 3.31. The third kappa shape index (κ3) is 3.19. The van der Waals surface area contributed by atoms with Crippen LogP contribution in [0.15, 0.2) is 24.3 Å². The van der Waals surface area contributed by atoms with E-state index in [1.165, 1.54) is 0 Å². The molecular formula is C16H22N2O3. The second kappa shape index (κ2) is 6.03. The van der Waals surface area contributed by atoms with Gasteiger partial charge in [-0.25, -0.2) is 0 Å². The fraction of sp³-hybridized carbons (Fsp3) is 0.562. The van der Waals surface area contributed by atoms with Gasteiger partial charge < -0.3 is 20.1 Å². The predicted octanol–water partition coefficient (Wildman–Crippen LogP) is 1.22. The van der Waals surface area contributed by atoms with E-state index in [1.807, 2.05) is 24.3 Å². The standard InChI is InChI=1S/C16H22N2O3/c1-11(19)13-4-2-3-5-14(13)18-8-9-21-10-15(18)16(20)17-12-6-7-12/h2-5,11-12,15,19H,6-10H2,1H3,(H,17,20)/t11-,15?/m1/s1. The Labute approximate surface area is 124 Å². The lowest BCUT2D eigenvalue weighted by atomic mass is 10.0. The quantitative estimate of drug-likeness (QED) is 0.875. The molecule has 1 amide bonds. The highest BCUT2D eigenvalue weighted by atomic mass is 16.5. The van der Waals surface area contributed by atoms with Crippen molar-refractivity contribution in [3.8, 4) is 0 Å². The van der Waals surface area contributed by atoms with Crippen LogP contribution in [0.4, 0.5) is 5.69 Å². The highest BCUT2D eigenvalue weighted by Crippen LogP contribution is 2.29. The first-order chi connectivity index (χ1) is 10.2. The number of carbonyl (C=O) groups excluding carboxylic acids is 1. The molecule has 0 aromatic heterocycles. The molecule has 3 rings (SSSR count). The highest BCUT2D eigenvalue weighted by molar-refractivity contribution is 5.86. The SMILES string of the molecule is C[C@@H](O)c1ccccc1N1CCOCC1C(=O)NC1CC1. The predicted molar refractivity (Wildman–Crippen MR) is 80.2 cm³/mol. The smallest absolute Gasteiger partial charge is 0.245 e. The summed E-state index contributed by atoms with van der Waals surface area (Å²) in [5.41, 5.74) is 1.77.